The number of nitrogens with zero attached hydrogens (tertiary/aromatic N) is 4. The van der Waals surface area contributed by atoms with Gasteiger partial charge in [0.05, 0.1) is 11.8 Å². The fraction of sp³-hybridized carbons (Fsp3) is 0.455. The molecule has 0 aliphatic rings. The lowest BCUT2D eigenvalue weighted by Gasteiger charge is -2.16. The maximum atomic E-state index is 11.0. The molecular weight excluding hydrogens is 236 g/mol. The van der Waals surface area contributed by atoms with Crippen LogP contribution < -0.4 is 0 Å². The van der Waals surface area contributed by atoms with Gasteiger partial charge in [-0.05, 0) is 31.0 Å². The van der Waals surface area contributed by atoms with E-state index in [1.165, 1.54) is 25.3 Å². The van der Waals surface area contributed by atoms with Crippen molar-refractivity contribution >= 4 is 5.78 Å². The highest BCUT2D eigenvalue weighted by molar-refractivity contribution is 5.93. The molecule has 7 nitrogen and oxygen atoms in total. The van der Waals surface area contributed by atoms with E-state index in [1.54, 1.807) is 0 Å². The number of aromatic nitrogens is 1. The van der Waals surface area contributed by atoms with Crippen LogP contribution in [0.2, 0.25) is 0 Å². The maximum Gasteiger partial charge on any atom is 0.161 e. The highest BCUT2D eigenvalue weighted by atomic mass is 16.3. The van der Waals surface area contributed by atoms with E-state index in [-0.39, 0.29) is 24.4 Å². The summed E-state index contributed by atoms with van der Waals surface area (Å²) in [5.74, 6) is -0.118. The molecule has 0 saturated carbocycles. The Morgan fingerprint density at radius 1 is 1.56 bits per heavy atom. The van der Waals surface area contributed by atoms with Gasteiger partial charge in [0.2, 0.25) is 0 Å². The topological polar surface area (TPSA) is 119 Å². The lowest BCUT2D eigenvalue weighted by Crippen LogP contribution is -2.20. The predicted octanol–water partition coefficient (Wildman–Crippen LogP) is 1.38. The van der Waals surface area contributed by atoms with Crippen LogP contribution in [0.3, 0.4) is 0 Å². The van der Waals surface area contributed by atoms with Crippen molar-refractivity contribution in [1.82, 2.24) is 4.98 Å². The summed E-state index contributed by atoms with van der Waals surface area (Å²) in [7, 11) is 0. The molecule has 1 heterocycles. The zero-order valence-electron chi connectivity index (χ0n) is 9.89. The molecule has 2 unspecified atom stereocenters. The average molecular weight is 250 g/mol. The molecule has 2 atom stereocenters. The lowest BCUT2D eigenvalue weighted by molar-refractivity contribution is 0.0125. The second-order valence-electron chi connectivity index (χ2n) is 3.78. The van der Waals surface area contributed by atoms with Gasteiger partial charge in [-0.3, -0.25) is 9.78 Å². The van der Waals surface area contributed by atoms with Crippen LogP contribution in [0, 0.1) is 0 Å². The highest BCUT2D eigenvalue weighted by Crippen LogP contribution is 2.17. The largest absolute Gasteiger partial charge is 0.390 e. The first kappa shape index (κ1) is 14.1. The SMILES string of the molecule is CC(=O)c1ccc(C(O)C(O)CCN=[N+]=[N-])nc1. The van der Waals surface area contributed by atoms with Gasteiger partial charge in [0.25, 0.3) is 0 Å². The maximum absolute atomic E-state index is 11.0. The molecule has 1 aromatic rings. The molecule has 0 aliphatic heterocycles. The number of ketones is 1. The Hall–Kier alpha value is -1.95. The molecule has 1 aromatic heterocycles. The highest BCUT2D eigenvalue weighted by Gasteiger charge is 2.19. The molecule has 0 spiro atoms. The molecule has 7 heteroatoms. The number of aliphatic hydroxyl groups excluding tert-OH is 2. The average Bonchev–Trinajstić information content (AvgIpc) is 2.38. The minimum atomic E-state index is -1.17. The third-order valence-corrected chi connectivity index (χ3v) is 2.45. The Morgan fingerprint density at radius 3 is 2.78 bits per heavy atom. The molecule has 0 aromatic carbocycles. The van der Waals surface area contributed by atoms with Gasteiger partial charge in [-0.15, -0.1) is 0 Å². The number of aliphatic hydroxyl groups is 2. The van der Waals surface area contributed by atoms with Crippen molar-refractivity contribution in [3.8, 4) is 0 Å². The van der Waals surface area contributed by atoms with Gasteiger partial charge in [-0.1, -0.05) is 5.11 Å². The van der Waals surface area contributed by atoms with Crippen molar-refractivity contribution in [2.75, 3.05) is 6.54 Å². The molecule has 0 bridgehead atoms. The van der Waals surface area contributed by atoms with E-state index in [9.17, 15) is 15.0 Å². The molecular formula is C11H14N4O3. The Labute approximate surface area is 104 Å². The van der Waals surface area contributed by atoms with E-state index < -0.39 is 12.2 Å². The van der Waals surface area contributed by atoms with Gasteiger partial charge >= 0.3 is 0 Å². The van der Waals surface area contributed by atoms with Gasteiger partial charge in [-0.2, -0.15) is 0 Å². The summed E-state index contributed by atoms with van der Waals surface area (Å²) in [6.07, 6.45) is -0.742. The number of carbonyl (C=O) groups is 1. The smallest absolute Gasteiger partial charge is 0.161 e. The minimum absolute atomic E-state index is 0.0975. The van der Waals surface area contributed by atoms with Crippen LogP contribution >= 0.6 is 0 Å². The fourth-order valence-corrected chi connectivity index (χ4v) is 1.38. The van der Waals surface area contributed by atoms with Crippen LogP contribution in [-0.4, -0.2) is 33.6 Å². The van der Waals surface area contributed by atoms with Crippen LogP contribution in [-0.2, 0) is 0 Å². The zero-order valence-corrected chi connectivity index (χ0v) is 9.89. The number of Topliss-reactive ketones (excluding diaryl/α,β-unsaturated/α-hetero) is 1. The fourth-order valence-electron chi connectivity index (χ4n) is 1.38. The number of carbonyl (C=O) groups excluding carboxylic acids is 1. The molecule has 96 valence electrons. The summed E-state index contributed by atoms with van der Waals surface area (Å²) >= 11 is 0. The van der Waals surface area contributed by atoms with Crippen molar-refractivity contribution in [2.45, 2.75) is 25.6 Å². The van der Waals surface area contributed by atoms with E-state index in [0.29, 0.717) is 5.56 Å². The van der Waals surface area contributed by atoms with Crippen LogP contribution in [0.15, 0.2) is 23.4 Å². The molecule has 0 radical (unpaired) electrons. The third-order valence-electron chi connectivity index (χ3n) is 2.45. The molecule has 0 saturated heterocycles. The van der Waals surface area contributed by atoms with E-state index in [1.807, 2.05) is 0 Å². The number of hydrogen-bond donors (Lipinski definition) is 2. The van der Waals surface area contributed by atoms with Crippen molar-refractivity contribution < 1.29 is 15.0 Å². The molecule has 1 rings (SSSR count). The predicted molar refractivity (Wildman–Crippen MR) is 63.8 cm³/mol. The van der Waals surface area contributed by atoms with E-state index in [4.69, 9.17) is 5.53 Å². The number of azide groups is 1. The second kappa shape index (κ2) is 6.70. The Bertz CT molecular complexity index is 454. The van der Waals surface area contributed by atoms with E-state index in [2.05, 4.69) is 15.0 Å². The Balaban J connectivity index is 2.68. The first-order chi connectivity index (χ1) is 8.56. The third kappa shape index (κ3) is 3.81. The number of hydrogen-bond acceptors (Lipinski definition) is 5. The second-order valence-corrected chi connectivity index (χ2v) is 3.78. The van der Waals surface area contributed by atoms with Gasteiger partial charge in [-0.25, -0.2) is 0 Å². The van der Waals surface area contributed by atoms with Gasteiger partial charge in [0.15, 0.2) is 5.78 Å². The Morgan fingerprint density at radius 2 is 2.28 bits per heavy atom. The quantitative estimate of drug-likeness (QED) is 0.343. The number of rotatable bonds is 6. The summed E-state index contributed by atoms with van der Waals surface area (Å²) in [4.78, 5) is 17.5. The van der Waals surface area contributed by atoms with Crippen molar-refractivity contribution in [1.29, 1.82) is 0 Å². The summed E-state index contributed by atoms with van der Waals surface area (Å²) < 4.78 is 0. The summed E-state index contributed by atoms with van der Waals surface area (Å²) in [5.41, 5.74) is 8.80. The minimum Gasteiger partial charge on any atom is -0.390 e. The van der Waals surface area contributed by atoms with E-state index in [0.717, 1.165) is 0 Å². The first-order valence-electron chi connectivity index (χ1n) is 5.40. The van der Waals surface area contributed by atoms with Crippen LogP contribution in [0.4, 0.5) is 0 Å². The Kier molecular flexibility index (Phi) is 5.26. The first-order valence-corrected chi connectivity index (χ1v) is 5.40. The van der Waals surface area contributed by atoms with E-state index >= 15 is 0 Å². The molecule has 0 fully saturated rings. The normalized spacial score (nSPS) is 13.5. The molecule has 18 heavy (non-hydrogen) atoms. The number of pyridine rings is 1. The summed E-state index contributed by atoms with van der Waals surface area (Å²) in [6.45, 7) is 1.52. The van der Waals surface area contributed by atoms with Crippen LogP contribution in [0.25, 0.3) is 10.4 Å². The summed E-state index contributed by atoms with van der Waals surface area (Å²) in [5, 5.41) is 22.7. The zero-order chi connectivity index (χ0) is 13.5. The van der Waals surface area contributed by atoms with Gasteiger partial charge in [0, 0.05) is 23.2 Å². The van der Waals surface area contributed by atoms with Gasteiger partial charge in [0.1, 0.15) is 6.10 Å². The van der Waals surface area contributed by atoms with Crippen molar-refractivity contribution in [3.05, 3.63) is 40.0 Å². The summed E-state index contributed by atoms with van der Waals surface area (Å²) in [6, 6.07) is 3.02. The molecule has 0 aliphatic carbocycles. The monoisotopic (exact) mass is 250 g/mol. The molecule has 0 amide bonds. The lowest BCUT2D eigenvalue weighted by atomic mass is 10.1. The van der Waals surface area contributed by atoms with Crippen LogP contribution in [0.1, 0.15) is 35.5 Å². The molecule has 2 N–H and O–H groups in total. The van der Waals surface area contributed by atoms with Crippen molar-refractivity contribution in [2.24, 2.45) is 5.11 Å². The standard InChI is InChI=1S/C11H14N4O3/c1-7(16)8-2-3-9(13-6-8)11(18)10(17)4-5-14-15-12/h2-3,6,10-11,17-18H,4-5H2,1H3. The van der Waals surface area contributed by atoms with Crippen molar-refractivity contribution in [3.63, 3.8) is 0 Å². The van der Waals surface area contributed by atoms with Crippen LogP contribution in [0.5, 0.6) is 0 Å². The van der Waals surface area contributed by atoms with Gasteiger partial charge < -0.3 is 10.2 Å².